The van der Waals surface area contributed by atoms with Crippen LogP contribution < -0.4 is 10.2 Å². The van der Waals surface area contributed by atoms with Gasteiger partial charge in [-0.2, -0.15) is 0 Å². The van der Waals surface area contributed by atoms with Gasteiger partial charge < -0.3 is 15.3 Å². The highest BCUT2D eigenvalue weighted by molar-refractivity contribution is 5.48. The summed E-state index contributed by atoms with van der Waals surface area (Å²) in [4.78, 5) is 6.97. The maximum Gasteiger partial charge on any atom is 0.133 e. The Hall–Kier alpha value is -1.13. The molecule has 2 fully saturated rings. The van der Waals surface area contributed by atoms with Gasteiger partial charge in [-0.1, -0.05) is 19.9 Å². The van der Waals surface area contributed by atoms with Crippen LogP contribution in [0.4, 0.5) is 5.82 Å². The summed E-state index contributed by atoms with van der Waals surface area (Å²) in [7, 11) is 0. The second-order valence-corrected chi connectivity index (χ2v) is 6.50. The summed E-state index contributed by atoms with van der Waals surface area (Å²) in [6, 6.07) is 4.64. The number of anilines is 1. The zero-order valence-electron chi connectivity index (χ0n) is 12.4. The van der Waals surface area contributed by atoms with Crippen molar-refractivity contribution < 1.29 is 5.11 Å². The molecule has 0 spiro atoms. The van der Waals surface area contributed by atoms with Crippen LogP contribution in [-0.4, -0.2) is 35.3 Å². The number of fused-ring (bicyclic) bond motifs is 1. The number of pyridine rings is 1. The van der Waals surface area contributed by atoms with Crippen molar-refractivity contribution in [2.45, 2.75) is 45.4 Å². The summed E-state index contributed by atoms with van der Waals surface area (Å²) in [6.07, 6.45) is 3.91. The van der Waals surface area contributed by atoms with Crippen LogP contribution in [0.1, 0.15) is 32.3 Å². The summed E-state index contributed by atoms with van der Waals surface area (Å²) in [5.41, 5.74) is 1.26. The summed E-state index contributed by atoms with van der Waals surface area (Å²) >= 11 is 0. The molecule has 20 heavy (non-hydrogen) atoms. The highest BCUT2D eigenvalue weighted by atomic mass is 16.3. The zero-order valence-corrected chi connectivity index (χ0v) is 12.4. The fourth-order valence-electron chi connectivity index (χ4n) is 3.58. The van der Waals surface area contributed by atoms with Crippen LogP contribution in [0.15, 0.2) is 18.3 Å². The van der Waals surface area contributed by atoms with Crippen LogP contribution in [-0.2, 0) is 6.54 Å². The summed E-state index contributed by atoms with van der Waals surface area (Å²) in [5.74, 6) is 2.20. The van der Waals surface area contributed by atoms with E-state index in [-0.39, 0.29) is 6.10 Å². The van der Waals surface area contributed by atoms with Crippen molar-refractivity contribution >= 4 is 5.82 Å². The number of aromatic nitrogens is 1. The molecule has 4 nitrogen and oxygen atoms in total. The van der Waals surface area contributed by atoms with Crippen molar-refractivity contribution in [1.82, 2.24) is 10.3 Å². The van der Waals surface area contributed by atoms with E-state index in [4.69, 9.17) is 0 Å². The number of aliphatic hydroxyl groups excluding tert-OH is 1. The van der Waals surface area contributed by atoms with E-state index in [1.165, 1.54) is 5.56 Å². The SMILES string of the molecule is CC(C)NCc1cccnc1N1CC2CCC(O)C2C1. The molecule has 1 aliphatic carbocycles. The van der Waals surface area contributed by atoms with Crippen molar-refractivity contribution in [2.24, 2.45) is 11.8 Å². The Bertz CT molecular complexity index is 463. The van der Waals surface area contributed by atoms with Crippen molar-refractivity contribution in [2.75, 3.05) is 18.0 Å². The molecule has 0 bridgehead atoms. The Labute approximate surface area is 121 Å². The van der Waals surface area contributed by atoms with Crippen molar-refractivity contribution in [3.63, 3.8) is 0 Å². The number of hydrogen-bond donors (Lipinski definition) is 2. The topological polar surface area (TPSA) is 48.4 Å². The molecule has 0 amide bonds. The summed E-state index contributed by atoms with van der Waals surface area (Å²) < 4.78 is 0. The molecule has 0 radical (unpaired) electrons. The average molecular weight is 275 g/mol. The summed E-state index contributed by atoms with van der Waals surface area (Å²) in [5, 5.41) is 13.5. The van der Waals surface area contributed by atoms with Crippen LogP contribution in [0.25, 0.3) is 0 Å². The predicted octanol–water partition coefficient (Wildman–Crippen LogP) is 1.79. The molecular weight excluding hydrogens is 250 g/mol. The maximum atomic E-state index is 10.1. The van der Waals surface area contributed by atoms with E-state index in [0.29, 0.717) is 17.9 Å². The normalized spacial score (nSPS) is 29.2. The lowest BCUT2D eigenvalue weighted by atomic mass is 10.00. The van der Waals surface area contributed by atoms with E-state index in [2.05, 4.69) is 35.1 Å². The fraction of sp³-hybridized carbons (Fsp3) is 0.688. The predicted molar refractivity (Wildman–Crippen MR) is 80.6 cm³/mol. The highest BCUT2D eigenvalue weighted by Crippen LogP contribution is 2.39. The van der Waals surface area contributed by atoms with Gasteiger partial charge in [0, 0.05) is 43.4 Å². The minimum absolute atomic E-state index is 0.106. The van der Waals surface area contributed by atoms with Gasteiger partial charge in [-0.3, -0.25) is 0 Å². The van der Waals surface area contributed by atoms with E-state index < -0.39 is 0 Å². The van der Waals surface area contributed by atoms with Crippen molar-refractivity contribution in [3.8, 4) is 0 Å². The Balaban J connectivity index is 1.74. The monoisotopic (exact) mass is 275 g/mol. The van der Waals surface area contributed by atoms with Gasteiger partial charge in [-0.15, -0.1) is 0 Å². The van der Waals surface area contributed by atoms with E-state index in [9.17, 15) is 5.11 Å². The van der Waals surface area contributed by atoms with Gasteiger partial charge >= 0.3 is 0 Å². The number of hydrogen-bond acceptors (Lipinski definition) is 4. The van der Waals surface area contributed by atoms with E-state index in [0.717, 1.165) is 38.3 Å². The first kappa shape index (κ1) is 13.8. The third kappa shape index (κ3) is 2.67. The molecule has 3 unspecified atom stereocenters. The second kappa shape index (κ2) is 5.70. The molecule has 110 valence electrons. The Morgan fingerprint density at radius 2 is 2.25 bits per heavy atom. The zero-order chi connectivity index (χ0) is 14.1. The minimum atomic E-state index is -0.106. The number of nitrogens with one attached hydrogen (secondary N) is 1. The molecule has 3 atom stereocenters. The molecule has 1 saturated carbocycles. The van der Waals surface area contributed by atoms with Gasteiger partial charge in [0.1, 0.15) is 5.82 Å². The quantitative estimate of drug-likeness (QED) is 0.879. The number of rotatable bonds is 4. The molecule has 1 saturated heterocycles. The van der Waals surface area contributed by atoms with Gasteiger partial charge in [0.2, 0.25) is 0 Å². The lowest BCUT2D eigenvalue weighted by Crippen LogP contribution is -2.28. The third-order valence-electron chi connectivity index (χ3n) is 4.69. The van der Waals surface area contributed by atoms with Crippen LogP contribution in [0.2, 0.25) is 0 Å². The van der Waals surface area contributed by atoms with Gasteiger partial charge in [0.05, 0.1) is 6.10 Å². The van der Waals surface area contributed by atoms with E-state index >= 15 is 0 Å². The highest BCUT2D eigenvalue weighted by Gasteiger charge is 2.42. The van der Waals surface area contributed by atoms with Crippen molar-refractivity contribution in [3.05, 3.63) is 23.9 Å². The minimum Gasteiger partial charge on any atom is -0.393 e. The maximum absolute atomic E-state index is 10.1. The lowest BCUT2D eigenvalue weighted by molar-refractivity contribution is 0.133. The molecule has 3 rings (SSSR count). The smallest absolute Gasteiger partial charge is 0.133 e. The Morgan fingerprint density at radius 3 is 3.00 bits per heavy atom. The van der Waals surface area contributed by atoms with E-state index in [1.807, 2.05) is 12.3 Å². The van der Waals surface area contributed by atoms with Gasteiger partial charge in [-0.05, 0) is 24.8 Å². The third-order valence-corrected chi connectivity index (χ3v) is 4.69. The lowest BCUT2D eigenvalue weighted by Gasteiger charge is -2.22. The molecule has 1 aromatic rings. The standard InChI is InChI=1S/C16H25N3O/c1-11(2)18-8-12-4-3-7-17-16(12)19-9-13-5-6-15(20)14(13)10-19/h3-4,7,11,13-15,18,20H,5-6,8-10H2,1-2H3. The number of nitrogens with zero attached hydrogens (tertiary/aromatic N) is 2. The fourth-order valence-corrected chi connectivity index (χ4v) is 3.58. The number of aliphatic hydroxyl groups is 1. The van der Waals surface area contributed by atoms with E-state index in [1.54, 1.807) is 0 Å². The van der Waals surface area contributed by atoms with Crippen LogP contribution >= 0.6 is 0 Å². The van der Waals surface area contributed by atoms with Crippen molar-refractivity contribution in [1.29, 1.82) is 0 Å². The Morgan fingerprint density at radius 1 is 1.40 bits per heavy atom. The second-order valence-electron chi connectivity index (χ2n) is 6.50. The Kier molecular flexibility index (Phi) is 3.94. The van der Waals surface area contributed by atoms with Gasteiger partial charge in [0.15, 0.2) is 0 Å². The molecule has 2 aliphatic rings. The summed E-state index contributed by atoms with van der Waals surface area (Å²) in [6.45, 7) is 7.18. The molecule has 0 aromatic carbocycles. The average Bonchev–Trinajstić information content (AvgIpc) is 2.99. The van der Waals surface area contributed by atoms with Gasteiger partial charge in [0.25, 0.3) is 0 Å². The van der Waals surface area contributed by atoms with Crippen LogP contribution in [0.3, 0.4) is 0 Å². The van der Waals surface area contributed by atoms with Crippen LogP contribution in [0.5, 0.6) is 0 Å². The molecule has 1 aromatic heterocycles. The molecule has 4 heteroatoms. The molecule has 1 aliphatic heterocycles. The molecule has 2 N–H and O–H groups in total. The first-order chi connectivity index (χ1) is 9.65. The molecular formula is C16H25N3O. The first-order valence-corrected chi connectivity index (χ1v) is 7.75. The molecule has 2 heterocycles. The first-order valence-electron chi connectivity index (χ1n) is 7.75. The van der Waals surface area contributed by atoms with Crippen LogP contribution in [0, 0.1) is 11.8 Å². The van der Waals surface area contributed by atoms with Gasteiger partial charge in [-0.25, -0.2) is 4.98 Å². The largest absolute Gasteiger partial charge is 0.393 e.